The van der Waals surface area contributed by atoms with E-state index in [4.69, 9.17) is 11.6 Å². The molecule has 0 aromatic carbocycles. The van der Waals surface area contributed by atoms with Gasteiger partial charge in [0.1, 0.15) is 10.8 Å². The summed E-state index contributed by atoms with van der Waals surface area (Å²) in [6.07, 6.45) is 0. The first-order valence-electron chi connectivity index (χ1n) is 5.17. The lowest BCUT2D eigenvalue weighted by Gasteiger charge is -2.26. The summed E-state index contributed by atoms with van der Waals surface area (Å²) in [6, 6.07) is 5.06. The third kappa shape index (κ3) is 3.81. The van der Waals surface area contributed by atoms with E-state index in [1.807, 2.05) is 0 Å². The molecule has 0 unspecified atom stereocenters. The van der Waals surface area contributed by atoms with E-state index in [0.29, 0.717) is 17.4 Å². The van der Waals surface area contributed by atoms with Crippen molar-refractivity contribution in [2.45, 2.75) is 20.8 Å². The number of halogens is 1. The van der Waals surface area contributed by atoms with Gasteiger partial charge in [-0.2, -0.15) is 0 Å². The number of nitrogens with zero attached hydrogens (tertiary/aromatic N) is 2. The van der Waals surface area contributed by atoms with Crippen LogP contribution in [0.15, 0.2) is 18.2 Å². The van der Waals surface area contributed by atoms with Gasteiger partial charge in [-0.25, -0.2) is 4.98 Å². The van der Waals surface area contributed by atoms with Gasteiger partial charge in [0.05, 0.1) is 0 Å². The molecule has 1 amide bonds. The Hall–Kier alpha value is -1.09. The van der Waals surface area contributed by atoms with Gasteiger partial charge in [0, 0.05) is 13.6 Å². The zero-order valence-electron chi connectivity index (χ0n) is 10.1. The highest BCUT2D eigenvalue weighted by molar-refractivity contribution is 6.29. The van der Waals surface area contributed by atoms with Crippen molar-refractivity contribution >= 4 is 17.5 Å². The average molecular weight is 241 g/mol. The van der Waals surface area contributed by atoms with Crippen LogP contribution in [0.1, 0.15) is 31.3 Å². The van der Waals surface area contributed by atoms with Gasteiger partial charge < -0.3 is 4.90 Å². The third-order valence-corrected chi connectivity index (χ3v) is 2.20. The Morgan fingerprint density at radius 1 is 1.44 bits per heavy atom. The van der Waals surface area contributed by atoms with Crippen molar-refractivity contribution in [3.8, 4) is 0 Å². The van der Waals surface area contributed by atoms with E-state index in [1.54, 1.807) is 30.1 Å². The van der Waals surface area contributed by atoms with Gasteiger partial charge in [-0.1, -0.05) is 38.4 Å². The molecule has 1 rings (SSSR count). The number of amides is 1. The fraction of sp³-hybridized carbons (Fsp3) is 0.500. The molecule has 0 aliphatic carbocycles. The maximum atomic E-state index is 12.0. The highest BCUT2D eigenvalue weighted by Gasteiger charge is 2.19. The first-order valence-corrected chi connectivity index (χ1v) is 5.55. The Labute approximate surface area is 101 Å². The van der Waals surface area contributed by atoms with Crippen LogP contribution in [-0.4, -0.2) is 29.4 Å². The van der Waals surface area contributed by atoms with Crippen molar-refractivity contribution in [3.05, 3.63) is 29.0 Å². The largest absolute Gasteiger partial charge is 0.340 e. The lowest BCUT2D eigenvalue weighted by atomic mass is 9.96. The van der Waals surface area contributed by atoms with Crippen molar-refractivity contribution < 1.29 is 4.79 Å². The Bertz CT molecular complexity index is 385. The normalized spacial score (nSPS) is 11.3. The molecular weight excluding hydrogens is 224 g/mol. The summed E-state index contributed by atoms with van der Waals surface area (Å²) in [4.78, 5) is 17.6. The topological polar surface area (TPSA) is 33.2 Å². The van der Waals surface area contributed by atoms with E-state index in [0.717, 1.165) is 0 Å². The second-order valence-corrected chi connectivity index (χ2v) is 5.45. The lowest BCUT2D eigenvalue weighted by molar-refractivity contribution is 0.0740. The molecule has 88 valence electrons. The highest BCUT2D eigenvalue weighted by Crippen LogP contribution is 2.16. The zero-order valence-corrected chi connectivity index (χ0v) is 10.9. The standard InChI is InChI=1S/C12H17ClN2O/c1-12(2,3)8-15(4)11(16)9-6-5-7-10(13)14-9/h5-7H,8H2,1-4H3. The van der Waals surface area contributed by atoms with Gasteiger partial charge in [0.15, 0.2) is 0 Å². The second kappa shape index (κ2) is 4.83. The maximum absolute atomic E-state index is 12.0. The van der Waals surface area contributed by atoms with Crippen LogP contribution in [0.2, 0.25) is 5.15 Å². The van der Waals surface area contributed by atoms with Crippen molar-refractivity contribution in [3.63, 3.8) is 0 Å². The van der Waals surface area contributed by atoms with Crippen LogP contribution in [0.25, 0.3) is 0 Å². The predicted octanol–water partition coefficient (Wildman–Crippen LogP) is 2.85. The van der Waals surface area contributed by atoms with Crippen molar-refractivity contribution in [2.75, 3.05) is 13.6 Å². The first-order chi connectivity index (χ1) is 7.29. The molecule has 0 saturated carbocycles. The van der Waals surface area contributed by atoms with Gasteiger partial charge in [0.2, 0.25) is 0 Å². The molecule has 0 aliphatic rings. The number of pyridine rings is 1. The van der Waals surface area contributed by atoms with Crippen LogP contribution >= 0.6 is 11.6 Å². The van der Waals surface area contributed by atoms with Crippen molar-refractivity contribution in [1.82, 2.24) is 9.88 Å². The van der Waals surface area contributed by atoms with Crippen molar-refractivity contribution in [1.29, 1.82) is 0 Å². The molecular formula is C12H17ClN2O. The minimum absolute atomic E-state index is 0.0724. The van der Waals surface area contributed by atoms with E-state index >= 15 is 0 Å². The summed E-state index contributed by atoms with van der Waals surface area (Å²) in [5.74, 6) is -0.0996. The third-order valence-electron chi connectivity index (χ3n) is 1.99. The quantitative estimate of drug-likeness (QED) is 0.745. The van der Waals surface area contributed by atoms with Gasteiger partial charge in [-0.3, -0.25) is 4.79 Å². The Balaban J connectivity index is 2.78. The van der Waals surface area contributed by atoms with Crippen LogP contribution in [0.4, 0.5) is 0 Å². The molecule has 3 nitrogen and oxygen atoms in total. The lowest BCUT2D eigenvalue weighted by Crippen LogP contribution is -2.34. The maximum Gasteiger partial charge on any atom is 0.272 e. The zero-order chi connectivity index (χ0) is 12.3. The fourth-order valence-corrected chi connectivity index (χ4v) is 1.67. The molecule has 0 fully saturated rings. The Kier molecular flexibility index (Phi) is 3.92. The Morgan fingerprint density at radius 3 is 2.56 bits per heavy atom. The minimum Gasteiger partial charge on any atom is -0.340 e. The molecule has 1 aromatic heterocycles. The summed E-state index contributed by atoms with van der Waals surface area (Å²) in [5.41, 5.74) is 0.461. The number of carbonyl (C=O) groups is 1. The molecule has 4 heteroatoms. The smallest absolute Gasteiger partial charge is 0.272 e. The number of hydrogen-bond donors (Lipinski definition) is 0. The molecule has 1 aromatic rings. The van der Waals surface area contributed by atoms with Gasteiger partial charge in [-0.05, 0) is 17.5 Å². The number of carbonyl (C=O) groups excluding carboxylic acids is 1. The number of hydrogen-bond acceptors (Lipinski definition) is 2. The van der Waals surface area contributed by atoms with Gasteiger partial charge >= 0.3 is 0 Å². The van der Waals surface area contributed by atoms with E-state index in [1.165, 1.54) is 0 Å². The Morgan fingerprint density at radius 2 is 2.06 bits per heavy atom. The summed E-state index contributed by atoms with van der Waals surface area (Å²) >= 11 is 5.74. The molecule has 0 N–H and O–H groups in total. The monoisotopic (exact) mass is 240 g/mol. The first kappa shape index (κ1) is 13.0. The average Bonchev–Trinajstić information content (AvgIpc) is 2.14. The minimum atomic E-state index is -0.0996. The predicted molar refractivity (Wildman–Crippen MR) is 65.7 cm³/mol. The highest BCUT2D eigenvalue weighted by atomic mass is 35.5. The van der Waals surface area contributed by atoms with Crippen LogP contribution in [0, 0.1) is 5.41 Å². The van der Waals surface area contributed by atoms with Crippen molar-refractivity contribution in [2.24, 2.45) is 5.41 Å². The molecule has 0 spiro atoms. The number of aromatic nitrogens is 1. The summed E-state index contributed by atoms with van der Waals surface area (Å²) < 4.78 is 0. The van der Waals surface area contributed by atoms with E-state index in [-0.39, 0.29) is 11.3 Å². The van der Waals surface area contributed by atoms with Crippen LogP contribution in [0.5, 0.6) is 0 Å². The molecule has 0 atom stereocenters. The second-order valence-electron chi connectivity index (χ2n) is 5.07. The van der Waals surface area contributed by atoms with E-state index in [9.17, 15) is 4.79 Å². The number of rotatable bonds is 2. The van der Waals surface area contributed by atoms with Gasteiger partial charge in [0.25, 0.3) is 5.91 Å². The van der Waals surface area contributed by atoms with E-state index < -0.39 is 0 Å². The fourth-order valence-electron chi connectivity index (χ4n) is 1.51. The van der Waals surface area contributed by atoms with E-state index in [2.05, 4.69) is 25.8 Å². The summed E-state index contributed by atoms with van der Waals surface area (Å²) in [6.45, 7) is 6.94. The molecule has 16 heavy (non-hydrogen) atoms. The van der Waals surface area contributed by atoms with Crippen LogP contribution in [0.3, 0.4) is 0 Å². The van der Waals surface area contributed by atoms with Crippen LogP contribution in [-0.2, 0) is 0 Å². The molecule has 0 aliphatic heterocycles. The molecule has 0 saturated heterocycles. The van der Waals surface area contributed by atoms with Crippen LogP contribution < -0.4 is 0 Å². The SMILES string of the molecule is CN(CC(C)(C)C)C(=O)c1cccc(Cl)n1. The molecule has 1 heterocycles. The summed E-state index contributed by atoms with van der Waals surface area (Å²) in [5, 5.41) is 0.343. The molecule has 0 radical (unpaired) electrons. The summed E-state index contributed by atoms with van der Waals surface area (Å²) in [7, 11) is 1.77. The molecule has 0 bridgehead atoms. The van der Waals surface area contributed by atoms with Gasteiger partial charge in [-0.15, -0.1) is 0 Å².